The van der Waals surface area contributed by atoms with Gasteiger partial charge in [0.1, 0.15) is 11.6 Å². The Bertz CT molecular complexity index is 823. The van der Waals surface area contributed by atoms with Crippen LogP contribution in [0.3, 0.4) is 0 Å². The number of fused-ring (bicyclic) bond motifs is 1. The molecular formula is C17H18N6. The van der Waals surface area contributed by atoms with Crippen LogP contribution in [0.15, 0.2) is 36.7 Å². The first-order chi connectivity index (χ1) is 11.2. The molecule has 116 valence electrons. The van der Waals surface area contributed by atoms with Gasteiger partial charge >= 0.3 is 0 Å². The first-order valence-electron chi connectivity index (χ1n) is 7.60. The third-order valence-electron chi connectivity index (χ3n) is 4.03. The first kappa shape index (κ1) is 13.9. The van der Waals surface area contributed by atoms with Crippen molar-refractivity contribution in [2.45, 2.75) is 20.0 Å². The van der Waals surface area contributed by atoms with Crippen LogP contribution in [0.1, 0.15) is 17.1 Å². The molecular weight excluding hydrogens is 288 g/mol. The fourth-order valence-electron chi connectivity index (χ4n) is 2.93. The SMILES string of the molecule is Cc1nc2c(c(Nc3ccc(-c4cn[nH]c4)cc3)n1)CN(C)C2. The predicted molar refractivity (Wildman–Crippen MR) is 89.2 cm³/mol. The molecule has 2 aromatic heterocycles. The Morgan fingerprint density at radius 3 is 2.65 bits per heavy atom. The van der Waals surface area contributed by atoms with E-state index in [1.807, 2.05) is 19.3 Å². The van der Waals surface area contributed by atoms with Crippen LogP contribution in [-0.4, -0.2) is 32.1 Å². The molecule has 0 spiro atoms. The number of aryl methyl sites for hydroxylation is 1. The molecule has 2 N–H and O–H groups in total. The highest BCUT2D eigenvalue weighted by atomic mass is 15.2. The van der Waals surface area contributed by atoms with Crippen LogP contribution in [0, 0.1) is 6.92 Å². The molecule has 3 heterocycles. The maximum atomic E-state index is 4.58. The van der Waals surface area contributed by atoms with Crippen molar-refractivity contribution in [3.8, 4) is 11.1 Å². The lowest BCUT2D eigenvalue weighted by Gasteiger charge is -2.11. The third-order valence-corrected chi connectivity index (χ3v) is 4.03. The monoisotopic (exact) mass is 306 g/mol. The summed E-state index contributed by atoms with van der Waals surface area (Å²) in [6.45, 7) is 3.70. The standard InChI is InChI=1S/C17H18N6/c1-11-20-16-10-23(2)9-15(16)17(21-11)22-14-5-3-12(4-6-14)13-7-18-19-8-13/h3-8H,9-10H2,1-2H3,(H,18,19)(H,20,21,22). The minimum atomic E-state index is 0.802. The van der Waals surface area contributed by atoms with E-state index in [-0.39, 0.29) is 0 Å². The van der Waals surface area contributed by atoms with Crippen molar-refractivity contribution in [1.29, 1.82) is 0 Å². The Labute approximate surface area is 134 Å². The van der Waals surface area contributed by atoms with Crippen molar-refractivity contribution in [2.24, 2.45) is 0 Å². The number of rotatable bonds is 3. The molecule has 6 nitrogen and oxygen atoms in total. The van der Waals surface area contributed by atoms with Crippen molar-refractivity contribution in [3.63, 3.8) is 0 Å². The van der Waals surface area contributed by atoms with Gasteiger partial charge in [-0.2, -0.15) is 5.10 Å². The Kier molecular flexibility index (Phi) is 3.31. The summed E-state index contributed by atoms with van der Waals surface area (Å²) in [7, 11) is 2.10. The van der Waals surface area contributed by atoms with E-state index in [0.717, 1.165) is 47.2 Å². The molecule has 6 heteroatoms. The van der Waals surface area contributed by atoms with E-state index in [9.17, 15) is 0 Å². The molecule has 4 rings (SSSR count). The molecule has 0 atom stereocenters. The summed E-state index contributed by atoms with van der Waals surface area (Å²) in [5.74, 6) is 1.71. The Balaban J connectivity index is 1.62. The van der Waals surface area contributed by atoms with Gasteiger partial charge in [0.15, 0.2) is 0 Å². The van der Waals surface area contributed by atoms with Crippen molar-refractivity contribution in [3.05, 3.63) is 53.7 Å². The second-order valence-corrected chi connectivity index (χ2v) is 5.91. The van der Waals surface area contributed by atoms with Crippen LogP contribution < -0.4 is 5.32 Å². The minimum Gasteiger partial charge on any atom is -0.340 e. The lowest BCUT2D eigenvalue weighted by atomic mass is 10.1. The summed E-state index contributed by atoms with van der Waals surface area (Å²) in [6.07, 6.45) is 3.71. The molecule has 3 aromatic rings. The molecule has 0 bridgehead atoms. The van der Waals surface area contributed by atoms with Crippen LogP contribution >= 0.6 is 0 Å². The van der Waals surface area contributed by atoms with E-state index in [2.05, 4.69) is 61.7 Å². The highest BCUT2D eigenvalue weighted by Crippen LogP contribution is 2.28. The number of nitrogens with zero attached hydrogens (tertiary/aromatic N) is 4. The largest absolute Gasteiger partial charge is 0.340 e. The molecule has 0 aliphatic carbocycles. The zero-order valence-electron chi connectivity index (χ0n) is 13.2. The summed E-state index contributed by atoms with van der Waals surface area (Å²) < 4.78 is 0. The smallest absolute Gasteiger partial charge is 0.138 e. The second-order valence-electron chi connectivity index (χ2n) is 5.91. The molecule has 0 amide bonds. The molecule has 1 aliphatic rings. The minimum absolute atomic E-state index is 0.802. The Hall–Kier alpha value is -2.73. The van der Waals surface area contributed by atoms with Crippen LogP contribution in [-0.2, 0) is 13.1 Å². The number of benzene rings is 1. The summed E-state index contributed by atoms with van der Waals surface area (Å²) in [5.41, 5.74) is 5.55. The van der Waals surface area contributed by atoms with E-state index in [1.54, 1.807) is 0 Å². The van der Waals surface area contributed by atoms with Crippen molar-refractivity contribution in [2.75, 3.05) is 12.4 Å². The fourth-order valence-corrected chi connectivity index (χ4v) is 2.93. The summed E-state index contributed by atoms with van der Waals surface area (Å²) in [5, 5.41) is 10.3. The Morgan fingerprint density at radius 1 is 1.09 bits per heavy atom. The van der Waals surface area contributed by atoms with Gasteiger partial charge in [-0.05, 0) is 31.7 Å². The quantitative estimate of drug-likeness (QED) is 0.778. The van der Waals surface area contributed by atoms with Crippen molar-refractivity contribution >= 4 is 11.5 Å². The zero-order chi connectivity index (χ0) is 15.8. The maximum Gasteiger partial charge on any atom is 0.138 e. The summed E-state index contributed by atoms with van der Waals surface area (Å²) >= 11 is 0. The lowest BCUT2D eigenvalue weighted by molar-refractivity contribution is 0.351. The molecule has 0 radical (unpaired) electrons. The van der Waals surface area contributed by atoms with E-state index in [1.165, 1.54) is 5.56 Å². The topological polar surface area (TPSA) is 69.7 Å². The zero-order valence-corrected chi connectivity index (χ0v) is 13.2. The second kappa shape index (κ2) is 5.48. The molecule has 0 unspecified atom stereocenters. The van der Waals surface area contributed by atoms with Gasteiger partial charge in [-0.25, -0.2) is 9.97 Å². The molecule has 0 saturated heterocycles. The van der Waals surface area contributed by atoms with Gasteiger partial charge in [0.05, 0.1) is 11.9 Å². The highest BCUT2D eigenvalue weighted by molar-refractivity contribution is 5.67. The summed E-state index contributed by atoms with van der Waals surface area (Å²) in [4.78, 5) is 11.4. The number of hydrogen-bond acceptors (Lipinski definition) is 5. The van der Waals surface area contributed by atoms with Crippen molar-refractivity contribution in [1.82, 2.24) is 25.1 Å². The van der Waals surface area contributed by atoms with Gasteiger partial charge in [0.2, 0.25) is 0 Å². The summed E-state index contributed by atoms with van der Waals surface area (Å²) in [6, 6.07) is 8.27. The highest BCUT2D eigenvalue weighted by Gasteiger charge is 2.22. The number of aromatic amines is 1. The van der Waals surface area contributed by atoms with E-state index in [0.29, 0.717) is 0 Å². The van der Waals surface area contributed by atoms with Gasteiger partial charge in [0, 0.05) is 36.1 Å². The number of anilines is 2. The molecule has 1 aromatic carbocycles. The maximum absolute atomic E-state index is 4.58. The average Bonchev–Trinajstić information content (AvgIpc) is 3.17. The van der Waals surface area contributed by atoms with E-state index < -0.39 is 0 Å². The van der Waals surface area contributed by atoms with E-state index >= 15 is 0 Å². The Morgan fingerprint density at radius 2 is 1.91 bits per heavy atom. The van der Waals surface area contributed by atoms with Gasteiger partial charge in [-0.1, -0.05) is 12.1 Å². The molecule has 0 saturated carbocycles. The van der Waals surface area contributed by atoms with Crippen molar-refractivity contribution < 1.29 is 0 Å². The number of nitrogens with one attached hydrogen (secondary N) is 2. The first-order valence-corrected chi connectivity index (χ1v) is 7.60. The van der Waals surface area contributed by atoms with Gasteiger partial charge < -0.3 is 5.32 Å². The number of hydrogen-bond donors (Lipinski definition) is 2. The molecule has 0 fully saturated rings. The lowest BCUT2D eigenvalue weighted by Crippen LogP contribution is -2.08. The average molecular weight is 306 g/mol. The fraction of sp³-hybridized carbons (Fsp3) is 0.235. The van der Waals surface area contributed by atoms with Crippen LogP contribution in [0.5, 0.6) is 0 Å². The molecule has 23 heavy (non-hydrogen) atoms. The third kappa shape index (κ3) is 2.68. The molecule has 1 aliphatic heterocycles. The van der Waals surface area contributed by atoms with Crippen LogP contribution in [0.25, 0.3) is 11.1 Å². The predicted octanol–water partition coefficient (Wildman–Crippen LogP) is 2.86. The number of aromatic nitrogens is 4. The van der Waals surface area contributed by atoms with Crippen LogP contribution in [0.2, 0.25) is 0 Å². The van der Waals surface area contributed by atoms with Gasteiger partial charge in [-0.15, -0.1) is 0 Å². The van der Waals surface area contributed by atoms with E-state index in [4.69, 9.17) is 0 Å². The normalized spacial score (nSPS) is 14.0. The van der Waals surface area contributed by atoms with Gasteiger partial charge in [0.25, 0.3) is 0 Å². The number of H-pyrrole nitrogens is 1. The van der Waals surface area contributed by atoms with Crippen LogP contribution in [0.4, 0.5) is 11.5 Å². The van der Waals surface area contributed by atoms with Gasteiger partial charge in [-0.3, -0.25) is 10.00 Å².